The van der Waals surface area contributed by atoms with E-state index in [0.717, 1.165) is 50.9 Å². The molecule has 102 valence electrons. The number of benzene rings is 1. The van der Waals surface area contributed by atoms with E-state index in [0.29, 0.717) is 5.92 Å². The number of carboxylic acid groups (broad SMARTS) is 1. The van der Waals surface area contributed by atoms with Gasteiger partial charge in [0.1, 0.15) is 0 Å². The second kappa shape index (κ2) is 4.97. The topological polar surface area (TPSA) is 46.5 Å². The highest BCUT2D eigenvalue weighted by molar-refractivity contribution is 5.84. The van der Waals surface area contributed by atoms with Crippen LogP contribution in [0.15, 0.2) is 24.3 Å². The van der Waals surface area contributed by atoms with Crippen LogP contribution in [-0.4, -0.2) is 24.3 Å². The molecule has 2 fully saturated rings. The number of ether oxygens (including phenoxy) is 1. The van der Waals surface area contributed by atoms with Gasteiger partial charge >= 0.3 is 5.97 Å². The Bertz CT molecular complexity index is 471. The molecule has 1 heterocycles. The highest BCUT2D eigenvalue weighted by atomic mass is 16.5. The van der Waals surface area contributed by atoms with Gasteiger partial charge < -0.3 is 9.84 Å². The van der Waals surface area contributed by atoms with Gasteiger partial charge in [-0.15, -0.1) is 0 Å². The Morgan fingerprint density at radius 2 is 2.05 bits per heavy atom. The number of carboxylic acids is 1. The maximum atomic E-state index is 11.4. The summed E-state index contributed by atoms with van der Waals surface area (Å²) in [6, 6.07) is 8.20. The van der Waals surface area contributed by atoms with Gasteiger partial charge in [0.15, 0.2) is 0 Å². The van der Waals surface area contributed by atoms with E-state index in [2.05, 4.69) is 12.1 Å². The predicted octanol–water partition coefficient (Wildman–Crippen LogP) is 2.77. The molecule has 1 aromatic rings. The van der Waals surface area contributed by atoms with Gasteiger partial charge in [0, 0.05) is 13.2 Å². The second-order valence-corrected chi connectivity index (χ2v) is 5.85. The van der Waals surface area contributed by atoms with Gasteiger partial charge in [-0.05, 0) is 49.1 Å². The van der Waals surface area contributed by atoms with Crippen LogP contribution in [0.3, 0.4) is 0 Å². The van der Waals surface area contributed by atoms with E-state index in [4.69, 9.17) is 4.74 Å². The fourth-order valence-electron chi connectivity index (χ4n) is 3.03. The Hall–Kier alpha value is -1.35. The van der Waals surface area contributed by atoms with Crippen molar-refractivity contribution in [2.75, 3.05) is 13.2 Å². The lowest BCUT2D eigenvalue weighted by molar-refractivity contribution is -0.140. The molecule has 19 heavy (non-hydrogen) atoms. The van der Waals surface area contributed by atoms with Crippen molar-refractivity contribution in [2.45, 2.75) is 37.5 Å². The van der Waals surface area contributed by atoms with Crippen LogP contribution >= 0.6 is 0 Å². The molecule has 2 aliphatic rings. The fourth-order valence-corrected chi connectivity index (χ4v) is 3.03. The minimum absolute atomic E-state index is 0.578. The Balaban J connectivity index is 1.75. The third-order valence-corrected chi connectivity index (χ3v) is 4.50. The third-order valence-electron chi connectivity index (χ3n) is 4.50. The van der Waals surface area contributed by atoms with Crippen molar-refractivity contribution >= 4 is 5.97 Å². The number of aliphatic carboxylic acids is 1. The maximum Gasteiger partial charge on any atom is 0.314 e. The van der Waals surface area contributed by atoms with Gasteiger partial charge in [0.05, 0.1) is 5.41 Å². The molecule has 0 amide bonds. The molecule has 3 heteroatoms. The normalized spacial score (nSPS) is 22.1. The van der Waals surface area contributed by atoms with E-state index in [-0.39, 0.29) is 0 Å². The van der Waals surface area contributed by atoms with Crippen LogP contribution in [0, 0.1) is 5.92 Å². The number of hydrogen-bond acceptors (Lipinski definition) is 2. The molecule has 3 nitrogen and oxygen atoms in total. The molecule has 0 radical (unpaired) electrons. The van der Waals surface area contributed by atoms with Gasteiger partial charge in [0.25, 0.3) is 0 Å². The number of hydrogen-bond donors (Lipinski definition) is 1. The van der Waals surface area contributed by atoms with Crippen molar-refractivity contribution in [3.63, 3.8) is 0 Å². The molecule has 0 unspecified atom stereocenters. The first kappa shape index (κ1) is 12.7. The van der Waals surface area contributed by atoms with Crippen LogP contribution in [0.5, 0.6) is 0 Å². The molecule has 0 bridgehead atoms. The lowest BCUT2D eigenvalue weighted by Crippen LogP contribution is -2.20. The average Bonchev–Trinajstić information content (AvgIpc) is 3.22. The van der Waals surface area contributed by atoms with Crippen LogP contribution in [0.4, 0.5) is 0 Å². The Kier molecular flexibility index (Phi) is 3.31. The SMILES string of the molecule is O=C(O)C1(c2cccc(CC3CCOCC3)c2)CC1. The number of carbonyl (C=O) groups is 1. The summed E-state index contributed by atoms with van der Waals surface area (Å²) in [7, 11) is 0. The lowest BCUT2D eigenvalue weighted by atomic mass is 9.89. The largest absolute Gasteiger partial charge is 0.481 e. The zero-order valence-corrected chi connectivity index (χ0v) is 11.1. The minimum Gasteiger partial charge on any atom is -0.481 e. The zero-order valence-electron chi connectivity index (χ0n) is 11.1. The molecule has 0 aromatic heterocycles. The van der Waals surface area contributed by atoms with Crippen LogP contribution in [0.2, 0.25) is 0 Å². The van der Waals surface area contributed by atoms with Crippen LogP contribution < -0.4 is 0 Å². The molecule has 0 spiro atoms. The van der Waals surface area contributed by atoms with Crippen LogP contribution in [0.1, 0.15) is 36.8 Å². The summed E-state index contributed by atoms with van der Waals surface area (Å²) in [5.41, 5.74) is 1.69. The van der Waals surface area contributed by atoms with Crippen LogP contribution in [0.25, 0.3) is 0 Å². The summed E-state index contributed by atoms with van der Waals surface area (Å²) in [4.78, 5) is 11.4. The molecular formula is C16H20O3. The average molecular weight is 260 g/mol. The maximum absolute atomic E-state index is 11.4. The first-order valence-electron chi connectivity index (χ1n) is 7.11. The Labute approximate surface area is 113 Å². The minimum atomic E-state index is -0.671. The van der Waals surface area contributed by atoms with Crippen molar-refractivity contribution in [1.82, 2.24) is 0 Å². The molecule has 1 aliphatic heterocycles. The summed E-state index contributed by atoms with van der Waals surface area (Å²) >= 11 is 0. The highest BCUT2D eigenvalue weighted by Gasteiger charge is 2.51. The standard InChI is InChI=1S/C16H20O3/c17-15(18)16(6-7-16)14-3-1-2-13(11-14)10-12-4-8-19-9-5-12/h1-3,11-12H,4-10H2,(H,17,18). The molecule has 1 aromatic carbocycles. The van der Waals surface area contributed by atoms with Crippen molar-refractivity contribution in [1.29, 1.82) is 0 Å². The van der Waals surface area contributed by atoms with Crippen molar-refractivity contribution in [3.05, 3.63) is 35.4 Å². The van der Waals surface area contributed by atoms with Crippen molar-refractivity contribution < 1.29 is 14.6 Å². The summed E-state index contributed by atoms with van der Waals surface area (Å²) in [6.07, 6.45) is 4.85. The van der Waals surface area contributed by atoms with Gasteiger partial charge in [0.2, 0.25) is 0 Å². The molecular weight excluding hydrogens is 240 g/mol. The van der Waals surface area contributed by atoms with Crippen molar-refractivity contribution in [2.24, 2.45) is 5.92 Å². The lowest BCUT2D eigenvalue weighted by Gasteiger charge is -2.22. The smallest absolute Gasteiger partial charge is 0.314 e. The van der Waals surface area contributed by atoms with Crippen LogP contribution in [-0.2, 0) is 21.4 Å². The highest BCUT2D eigenvalue weighted by Crippen LogP contribution is 2.48. The third kappa shape index (κ3) is 2.52. The van der Waals surface area contributed by atoms with E-state index in [1.165, 1.54) is 5.56 Å². The molecule has 1 saturated carbocycles. The van der Waals surface area contributed by atoms with Gasteiger partial charge in [-0.25, -0.2) is 0 Å². The first-order valence-corrected chi connectivity index (χ1v) is 7.11. The molecule has 3 rings (SSSR count). The number of rotatable bonds is 4. The summed E-state index contributed by atoms with van der Waals surface area (Å²) in [5.74, 6) is 0.0136. The molecule has 1 aliphatic carbocycles. The summed E-state index contributed by atoms with van der Waals surface area (Å²) in [6.45, 7) is 1.73. The van der Waals surface area contributed by atoms with Gasteiger partial charge in [-0.3, -0.25) is 4.79 Å². The predicted molar refractivity (Wildman–Crippen MR) is 72.2 cm³/mol. The zero-order chi connectivity index (χ0) is 13.3. The van der Waals surface area contributed by atoms with E-state index >= 15 is 0 Å². The first-order chi connectivity index (χ1) is 9.21. The van der Waals surface area contributed by atoms with Gasteiger partial charge in [-0.2, -0.15) is 0 Å². The Morgan fingerprint density at radius 3 is 2.68 bits per heavy atom. The summed E-state index contributed by atoms with van der Waals surface area (Å²) in [5, 5.41) is 9.35. The monoisotopic (exact) mass is 260 g/mol. The second-order valence-electron chi connectivity index (χ2n) is 5.85. The molecule has 1 N–H and O–H groups in total. The summed E-state index contributed by atoms with van der Waals surface area (Å²) < 4.78 is 5.38. The van der Waals surface area contributed by atoms with E-state index < -0.39 is 11.4 Å². The molecule has 1 saturated heterocycles. The van der Waals surface area contributed by atoms with E-state index in [1.807, 2.05) is 12.1 Å². The quantitative estimate of drug-likeness (QED) is 0.905. The molecule has 0 atom stereocenters. The van der Waals surface area contributed by atoms with E-state index in [1.54, 1.807) is 0 Å². The van der Waals surface area contributed by atoms with E-state index in [9.17, 15) is 9.90 Å². The fraction of sp³-hybridized carbons (Fsp3) is 0.562. The Morgan fingerprint density at radius 1 is 1.32 bits per heavy atom. The van der Waals surface area contributed by atoms with Crippen molar-refractivity contribution in [3.8, 4) is 0 Å². The van der Waals surface area contributed by atoms with Gasteiger partial charge in [-0.1, -0.05) is 24.3 Å².